The molecular formula is C16H15N3O6. The standard InChI is InChI=1S/C16H15N3O6/c20-15(24-7-6-18-5-1-4-17-18)3-2-12-8-14(19(21)22)9-13-10-23-11-25-16(12)13/h1-5,8-9H,6-7,10-11H2. The Morgan fingerprint density at radius 1 is 1.48 bits per heavy atom. The lowest BCUT2D eigenvalue weighted by Crippen LogP contribution is -2.13. The molecule has 0 saturated heterocycles. The van der Waals surface area contributed by atoms with E-state index in [0.29, 0.717) is 23.4 Å². The van der Waals surface area contributed by atoms with Crippen molar-refractivity contribution in [3.05, 3.63) is 57.9 Å². The third-order valence-corrected chi connectivity index (χ3v) is 3.46. The van der Waals surface area contributed by atoms with Crippen LogP contribution in [0.25, 0.3) is 6.08 Å². The molecule has 2 aromatic rings. The summed E-state index contributed by atoms with van der Waals surface area (Å²) in [4.78, 5) is 22.3. The maximum Gasteiger partial charge on any atom is 0.330 e. The number of aromatic nitrogens is 2. The van der Waals surface area contributed by atoms with E-state index in [9.17, 15) is 14.9 Å². The molecule has 0 spiro atoms. The number of hydrogen-bond acceptors (Lipinski definition) is 7. The summed E-state index contributed by atoms with van der Waals surface area (Å²) in [5, 5.41) is 15.0. The molecule has 1 aromatic heterocycles. The molecule has 1 aromatic carbocycles. The Hall–Kier alpha value is -3.20. The summed E-state index contributed by atoms with van der Waals surface area (Å²) in [5.41, 5.74) is 0.892. The Balaban J connectivity index is 1.68. The van der Waals surface area contributed by atoms with Crippen LogP contribution in [0.1, 0.15) is 11.1 Å². The van der Waals surface area contributed by atoms with Crippen LogP contribution in [-0.2, 0) is 27.4 Å². The van der Waals surface area contributed by atoms with E-state index in [2.05, 4.69) is 5.10 Å². The molecule has 0 radical (unpaired) electrons. The molecular weight excluding hydrogens is 330 g/mol. The lowest BCUT2D eigenvalue weighted by Gasteiger charge is -2.19. The van der Waals surface area contributed by atoms with E-state index < -0.39 is 10.9 Å². The highest BCUT2D eigenvalue weighted by Crippen LogP contribution is 2.33. The maximum absolute atomic E-state index is 11.8. The number of hydrogen-bond donors (Lipinski definition) is 0. The van der Waals surface area contributed by atoms with Gasteiger partial charge in [-0.1, -0.05) is 0 Å². The largest absolute Gasteiger partial charge is 0.467 e. The lowest BCUT2D eigenvalue weighted by atomic mass is 10.1. The highest BCUT2D eigenvalue weighted by molar-refractivity contribution is 5.88. The summed E-state index contributed by atoms with van der Waals surface area (Å²) < 4.78 is 17.2. The van der Waals surface area contributed by atoms with Crippen LogP contribution in [0.15, 0.2) is 36.7 Å². The number of nitro groups is 1. The molecule has 2 heterocycles. The molecule has 0 bridgehead atoms. The number of benzene rings is 1. The van der Waals surface area contributed by atoms with E-state index in [-0.39, 0.29) is 25.7 Å². The fourth-order valence-corrected chi connectivity index (χ4v) is 2.34. The van der Waals surface area contributed by atoms with Crippen LogP contribution >= 0.6 is 0 Å². The van der Waals surface area contributed by atoms with Crippen LogP contribution < -0.4 is 4.74 Å². The first-order valence-corrected chi connectivity index (χ1v) is 7.47. The second-order valence-corrected chi connectivity index (χ2v) is 5.16. The van der Waals surface area contributed by atoms with Gasteiger partial charge in [0.05, 0.1) is 18.1 Å². The third kappa shape index (κ3) is 4.21. The zero-order valence-corrected chi connectivity index (χ0v) is 13.2. The number of rotatable bonds is 6. The molecule has 1 aliphatic rings. The zero-order valence-electron chi connectivity index (χ0n) is 13.2. The molecule has 0 unspecified atom stereocenters. The fraction of sp³-hybridized carbons (Fsp3) is 0.250. The minimum absolute atomic E-state index is 0.0555. The van der Waals surface area contributed by atoms with E-state index in [1.807, 2.05) is 0 Å². The van der Waals surface area contributed by atoms with Crippen molar-refractivity contribution in [1.29, 1.82) is 0 Å². The van der Waals surface area contributed by atoms with E-state index in [4.69, 9.17) is 14.2 Å². The molecule has 0 amide bonds. The summed E-state index contributed by atoms with van der Waals surface area (Å²) in [6, 6.07) is 4.52. The van der Waals surface area contributed by atoms with Crippen LogP contribution in [0.5, 0.6) is 5.75 Å². The summed E-state index contributed by atoms with van der Waals surface area (Å²) >= 11 is 0. The predicted octanol–water partition coefficient (Wildman–Crippen LogP) is 1.91. The van der Waals surface area contributed by atoms with Crippen molar-refractivity contribution in [2.45, 2.75) is 13.2 Å². The second kappa shape index (κ2) is 7.58. The van der Waals surface area contributed by atoms with E-state index in [0.717, 1.165) is 0 Å². The van der Waals surface area contributed by atoms with Gasteiger partial charge in [-0.25, -0.2) is 4.79 Å². The highest BCUT2D eigenvalue weighted by atomic mass is 16.7. The number of ether oxygens (including phenoxy) is 3. The lowest BCUT2D eigenvalue weighted by molar-refractivity contribution is -0.385. The number of carbonyl (C=O) groups excluding carboxylic acids is 1. The Bertz CT molecular complexity index is 800. The summed E-state index contributed by atoms with van der Waals surface area (Å²) in [6.45, 7) is 0.883. The van der Waals surface area contributed by atoms with Crippen molar-refractivity contribution in [3.8, 4) is 5.75 Å². The third-order valence-electron chi connectivity index (χ3n) is 3.46. The average Bonchev–Trinajstić information content (AvgIpc) is 3.12. The zero-order chi connectivity index (χ0) is 17.6. The molecule has 0 N–H and O–H groups in total. The van der Waals surface area contributed by atoms with Crippen LogP contribution in [0.2, 0.25) is 0 Å². The molecule has 1 aliphatic heterocycles. The molecule has 0 fully saturated rings. The summed E-state index contributed by atoms with van der Waals surface area (Å²) in [5.74, 6) is -0.0862. The number of esters is 1. The molecule has 0 atom stereocenters. The summed E-state index contributed by atoms with van der Waals surface area (Å²) in [6.07, 6.45) is 6.05. The van der Waals surface area contributed by atoms with Crippen LogP contribution in [0.4, 0.5) is 5.69 Å². The van der Waals surface area contributed by atoms with Crippen molar-refractivity contribution in [2.24, 2.45) is 0 Å². The van der Waals surface area contributed by atoms with Crippen molar-refractivity contribution in [1.82, 2.24) is 9.78 Å². The Morgan fingerprint density at radius 2 is 2.36 bits per heavy atom. The smallest absolute Gasteiger partial charge is 0.330 e. The van der Waals surface area contributed by atoms with Crippen LogP contribution in [0, 0.1) is 10.1 Å². The van der Waals surface area contributed by atoms with E-state index in [1.165, 1.54) is 24.3 Å². The van der Waals surface area contributed by atoms with Crippen LogP contribution in [-0.4, -0.2) is 34.1 Å². The molecule has 130 valence electrons. The van der Waals surface area contributed by atoms with Gasteiger partial charge in [-0.15, -0.1) is 0 Å². The normalized spacial score (nSPS) is 13.3. The quantitative estimate of drug-likeness (QED) is 0.341. The molecule has 0 saturated carbocycles. The molecule has 3 rings (SSSR count). The van der Waals surface area contributed by atoms with Crippen LogP contribution in [0.3, 0.4) is 0 Å². The average molecular weight is 345 g/mol. The van der Waals surface area contributed by atoms with E-state index >= 15 is 0 Å². The Labute approximate surface area is 142 Å². The number of nitrogens with zero attached hydrogens (tertiary/aromatic N) is 3. The number of fused-ring (bicyclic) bond motifs is 1. The van der Waals surface area contributed by atoms with Gasteiger partial charge in [-0.3, -0.25) is 14.8 Å². The van der Waals surface area contributed by atoms with Gasteiger partial charge in [0, 0.05) is 41.7 Å². The fourth-order valence-electron chi connectivity index (χ4n) is 2.34. The minimum Gasteiger partial charge on any atom is -0.467 e. The molecule has 25 heavy (non-hydrogen) atoms. The van der Waals surface area contributed by atoms with Gasteiger partial charge < -0.3 is 14.2 Å². The van der Waals surface area contributed by atoms with Gasteiger partial charge in [-0.05, 0) is 12.1 Å². The van der Waals surface area contributed by atoms with Gasteiger partial charge in [0.2, 0.25) is 0 Å². The first-order valence-electron chi connectivity index (χ1n) is 7.47. The second-order valence-electron chi connectivity index (χ2n) is 5.16. The minimum atomic E-state index is -0.556. The van der Waals surface area contributed by atoms with Gasteiger partial charge in [0.15, 0.2) is 6.79 Å². The van der Waals surface area contributed by atoms with Gasteiger partial charge in [0.25, 0.3) is 5.69 Å². The monoisotopic (exact) mass is 345 g/mol. The van der Waals surface area contributed by atoms with E-state index in [1.54, 1.807) is 23.1 Å². The Morgan fingerprint density at radius 3 is 3.12 bits per heavy atom. The Kier molecular flexibility index (Phi) is 5.05. The van der Waals surface area contributed by atoms with Crippen molar-refractivity contribution >= 4 is 17.7 Å². The number of non-ortho nitro benzene ring substituents is 1. The molecule has 9 nitrogen and oxygen atoms in total. The van der Waals surface area contributed by atoms with Crippen molar-refractivity contribution < 1.29 is 23.9 Å². The predicted molar refractivity (Wildman–Crippen MR) is 85.6 cm³/mol. The highest BCUT2D eigenvalue weighted by Gasteiger charge is 2.19. The molecule has 0 aliphatic carbocycles. The first-order chi connectivity index (χ1) is 12.1. The first kappa shape index (κ1) is 16.7. The maximum atomic E-state index is 11.8. The van der Waals surface area contributed by atoms with Gasteiger partial charge >= 0.3 is 5.97 Å². The number of carbonyl (C=O) groups is 1. The van der Waals surface area contributed by atoms with Gasteiger partial charge in [0.1, 0.15) is 12.4 Å². The summed E-state index contributed by atoms with van der Waals surface area (Å²) in [7, 11) is 0. The SMILES string of the molecule is O=C(C=Cc1cc([N+](=O)[O-])cc2c1OCOC2)OCCn1cccn1. The van der Waals surface area contributed by atoms with Crippen molar-refractivity contribution in [3.63, 3.8) is 0 Å². The topological polar surface area (TPSA) is 106 Å². The van der Waals surface area contributed by atoms with Crippen molar-refractivity contribution in [2.75, 3.05) is 13.4 Å². The molecule has 9 heteroatoms. The number of nitro benzene ring substituents is 1. The van der Waals surface area contributed by atoms with Gasteiger partial charge in [-0.2, -0.15) is 5.10 Å².